The molecule has 0 bridgehead atoms. The number of aryl methyl sites for hydroxylation is 1. The molecule has 2 aliphatic carbocycles. The molecule has 2 aliphatic rings. The summed E-state index contributed by atoms with van der Waals surface area (Å²) in [5.41, 5.74) is 12.6. The molecule has 206 valence electrons. The van der Waals surface area contributed by atoms with Gasteiger partial charge in [-0.2, -0.15) is 0 Å². The van der Waals surface area contributed by atoms with Crippen molar-refractivity contribution in [3.63, 3.8) is 0 Å². The molecule has 43 heavy (non-hydrogen) atoms. The molecule has 6 aromatic carbocycles. The van der Waals surface area contributed by atoms with Crippen molar-refractivity contribution in [3.05, 3.63) is 138 Å². The quantitative estimate of drug-likeness (QED) is 0.182. The Kier molecular flexibility index (Phi) is 5.26. The molecule has 0 amide bonds. The van der Waals surface area contributed by atoms with Crippen LogP contribution in [-0.4, -0.2) is 0 Å². The van der Waals surface area contributed by atoms with E-state index in [1.807, 2.05) is 11.3 Å². The Hall–Kier alpha value is -4.46. The zero-order valence-electron chi connectivity index (χ0n) is 24.8. The summed E-state index contributed by atoms with van der Waals surface area (Å²) in [5, 5.41) is 7.99. The second-order valence-electron chi connectivity index (χ2n) is 12.8. The van der Waals surface area contributed by atoms with Gasteiger partial charge in [-0.25, -0.2) is 0 Å². The summed E-state index contributed by atoms with van der Waals surface area (Å²) in [4.78, 5) is 0. The SMILES string of the molecule is Cc1ccc2c(-c3cccc4c3sc3ccccc34)c3ccccc3c(-c3ccc4c(c3)C3=C(C=CCC3)C4(C)C)c2c1. The maximum atomic E-state index is 2.51. The van der Waals surface area contributed by atoms with Crippen LogP contribution < -0.4 is 0 Å². The molecule has 7 aromatic rings. The van der Waals surface area contributed by atoms with Crippen LogP contribution in [0, 0.1) is 6.92 Å². The van der Waals surface area contributed by atoms with Crippen LogP contribution in [0.5, 0.6) is 0 Å². The average Bonchev–Trinajstić information content (AvgIpc) is 3.52. The lowest BCUT2D eigenvalue weighted by Gasteiger charge is -2.24. The molecular formula is C42H32S. The van der Waals surface area contributed by atoms with Crippen molar-refractivity contribution in [1.82, 2.24) is 0 Å². The van der Waals surface area contributed by atoms with Crippen molar-refractivity contribution in [1.29, 1.82) is 0 Å². The second-order valence-corrected chi connectivity index (χ2v) is 13.9. The van der Waals surface area contributed by atoms with Gasteiger partial charge in [-0.05, 0) is 92.4 Å². The van der Waals surface area contributed by atoms with Gasteiger partial charge in [-0.15, -0.1) is 11.3 Å². The molecular weight excluding hydrogens is 537 g/mol. The monoisotopic (exact) mass is 568 g/mol. The molecule has 0 N–H and O–H groups in total. The molecule has 9 rings (SSSR count). The van der Waals surface area contributed by atoms with Gasteiger partial charge in [0.05, 0.1) is 0 Å². The third kappa shape index (κ3) is 3.49. The lowest BCUT2D eigenvalue weighted by Crippen LogP contribution is -2.16. The summed E-state index contributed by atoms with van der Waals surface area (Å²) in [7, 11) is 0. The molecule has 0 atom stereocenters. The Bertz CT molecular complexity index is 2370. The van der Waals surface area contributed by atoms with E-state index in [-0.39, 0.29) is 5.41 Å². The van der Waals surface area contributed by atoms with Gasteiger partial charge in [-0.3, -0.25) is 0 Å². The van der Waals surface area contributed by atoms with E-state index < -0.39 is 0 Å². The van der Waals surface area contributed by atoms with Crippen molar-refractivity contribution < 1.29 is 0 Å². The van der Waals surface area contributed by atoms with Gasteiger partial charge < -0.3 is 0 Å². The minimum absolute atomic E-state index is 0.0492. The summed E-state index contributed by atoms with van der Waals surface area (Å²) in [6.07, 6.45) is 7.00. The van der Waals surface area contributed by atoms with Crippen molar-refractivity contribution in [3.8, 4) is 22.3 Å². The first-order valence-corrected chi connectivity index (χ1v) is 16.2. The van der Waals surface area contributed by atoms with Crippen molar-refractivity contribution in [2.24, 2.45) is 0 Å². The van der Waals surface area contributed by atoms with Crippen LogP contribution in [0.1, 0.15) is 43.4 Å². The second kappa shape index (κ2) is 9.02. The van der Waals surface area contributed by atoms with Gasteiger partial charge in [0.2, 0.25) is 0 Å². The number of fused-ring (bicyclic) bond motifs is 7. The molecule has 1 aromatic heterocycles. The number of thiophene rings is 1. The predicted octanol–water partition coefficient (Wildman–Crippen LogP) is 12.4. The number of hydrogen-bond acceptors (Lipinski definition) is 1. The van der Waals surface area contributed by atoms with Crippen LogP contribution in [0.15, 0.2) is 121 Å². The van der Waals surface area contributed by atoms with E-state index >= 15 is 0 Å². The van der Waals surface area contributed by atoms with Crippen molar-refractivity contribution >= 4 is 58.6 Å². The molecule has 0 saturated carbocycles. The number of hydrogen-bond donors (Lipinski definition) is 0. The fourth-order valence-corrected chi connectivity index (χ4v) is 9.23. The van der Waals surface area contributed by atoms with E-state index in [1.54, 1.807) is 5.57 Å². The molecule has 0 radical (unpaired) electrons. The third-order valence-electron chi connectivity index (χ3n) is 10.0. The Balaban J connectivity index is 1.39. The van der Waals surface area contributed by atoms with Gasteiger partial charge in [0, 0.05) is 31.2 Å². The average molecular weight is 569 g/mol. The molecule has 0 nitrogen and oxygen atoms in total. The van der Waals surface area contributed by atoms with E-state index in [0.29, 0.717) is 0 Å². The van der Waals surface area contributed by atoms with Gasteiger partial charge >= 0.3 is 0 Å². The van der Waals surface area contributed by atoms with Crippen molar-refractivity contribution in [2.45, 2.75) is 39.0 Å². The Labute approximate surface area is 256 Å². The van der Waals surface area contributed by atoms with Crippen LogP contribution in [0.4, 0.5) is 0 Å². The number of rotatable bonds is 2. The van der Waals surface area contributed by atoms with Crippen LogP contribution in [-0.2, 0) is 5.41 Å². The fraction of sp³-hybridized carbons (Fsp3) is 0.143. The van der Waals surface area contributed by atoms with Crippen LogP contribution >= 0.6 is 11.3 Å². The molecule has 1 heteroatoms. The zero-order valence-corrected chi connectivity index (χ0v) is 25.6. The maximum Gasteiger partial charge on any atom is 0.0434 e. The maximum absolute atomic E-state index is 2.51. The lowest BCUT2D eigenvalue weighted by molar-refractivity contribution is 0.651. The van der Waals surface area contributed by atoms with Crippen molar-refractivity contribution in [2.75, 3.05) is 0 Å². The first-order chi connectivity index (χ1) is 21.0. The highest BCUT2D eigenvalue weighted by molar-refractivity contribution is 7.26. The van der Waals surface area contributed by atoms with Gasteiger partial charge in [0.15, 0.2) is 0 Å². The van der Waals surface area contributed by atoms with E-state index in [1.165, 1.54) is 86.2 Å². The largest absolute Gasteiger partial charge is 0.135 e. The van der Waals surface area contributed by atoms with E-state index in [9.17, 15) is 0 Å². The van der Waals surface area contributed by atoms with Gasteiger partial charge in [-0.1, -0.05) is 123 Å². The summed E-state index contributed by atoms with van der Waals surface area (Å²) in [5.74, 6) is 0. The summed E-state index contributed by atoms with van der Waals surface area (Å²) in [6.45, 7) is 7.00. The zero-order chi connectivity index (χ0) is 28.9. The minimum atomic E-state index is 0.0492. The highest BCUT2D eigenvalue weighted by Gasteiger charge is 2.37. The topological polar surface area (TPSA) is 0 Å². The smallest absolute Gasteiger partial charge is 0.0434 e. The molecule has 1 heterocycles. The summed E-state index contributed by atoms with van der Waals surface area (Å²) >= 11 is 1.92. The fourth-order valence-electron chi connectivity index (χ4n) is 8.01. The van der Waals surface area contributed by atoms with E-state index in [2.05, 4.69) is 136 Å². The van der Waals surface area contributed by atoms with Gasteiger partial charge in [0.1, 0.15) is 0 Å². The van der Waals surface area contributed by atoms with Crippen LogP contribution in [0.2, 0.25) is 0 Å². The Morgan fingerprint density at radius 1 is 0.628 bits per heavy atom. The van der Waals surface area contributed by atoms with E-state index in [0.717, 1.165) is 12.8 Å². The molecule has 0 fully saturated rings. The molecule has 0 saturated heterocycles. The van der Waals surface area contributed by atoms with Crippen LogP contribution in [0.25, 0.3) is 69.5 Å². The predicted molar refractivity (Wildman–Crippen MR) is 188 cm³/mol. The van der Waals surface area contributed by atoms with Gasteiger partial charge in [0.25, 0.3) is 0 Å². The Morgan fingerprint density at radius 2 is 1.37 bits per heavy atom. The first kappa shape index (κ1) is 25.1. The van der Waals surface area contributed by atoms with E-state index in [4.69, 9.17) is 0 Å². The minimum Gasteiger partial charge on any atom is -0.135 e. The highest BCUT2D eigenvalue weighted by Crippen LogP contribution is 2.52. The summed E-state index contributed by atoms with van der Waals surface area (Å²) < 4.78 is 2.71. The summed E-state index contributed by atoms with van der Waals surface area (Å²) in [6, 6.07) is 39.2. The number of benzene rings is 6. The molecule has 0 aliphatic heterocycles. The molecule has 0 spiro atoms. The standard InChI is InChI=1S/C42H32S/c1-25-19-21-31-35(23-25)39(26-20-22-37-34(24-26)27-11-6-8-17-36(27)42(37,2)3)29-13-4-5-14-30(29)40(31)33-16-10-15-32-28-12-7-9-18-38(28)43-41(32)33/h4-5,7-10,12-24H,6,11H2,1-3H3. The third-order valence-corrected chi connectivity index (χ3v) is 11.2. The first-order valence-electron chi connectivity index (χ1n) is 15.4. The normalized spacial score (nSPS) is 15.6. The van der Waals surface area contributed by atoms with Crippen LogP contribution in [0.3, 0.4) is 0 Å². The number of allylic oxidation sites excluding steroid dienone is 4. The molecule has 0 unspecified atom stereocenters. The Morgan fingerprint density at radius 3 is 2.23 bits per heavy atom. The highest BCUT2D eigenvalue weighted by atomic mass is 32.1. The lowest BCUT2D eigenvalue weighted by atomic mass is 9.79.